The smallest absolute Gasteiger partial charge is 0.316 e. The minimum Gasteiger partial charge on any atom is -0.457 e. The Morgan fingerprint density at radius 2 is 1.83 bits per heavy atom. The number of anilines is 3. The SMILES string of the molecule is Nc1nc(COC(=O)CSc2nc3ccccc3o2)nc(Nc2ccccc2)n1. The van der Waals surface area contributed by atoms with Crippen LogP contribution in [0.25, 0.3) is 11.1 Å². The van der Waals surface area contributed by atoms with Gasteiger partial charge in [0.2, 0.25) is 11.9 Å². The first-order valence-corrected chi connectivity index (χ1v) is 9.61. The van der Waals surface area contributed by atoms with Crippen molar-refractivity contribution < 1.29 is 13.9 Å². The van der Waals surface area contributed by atoms with Crippen LogP contribution in [0.4, 0.5) is 17.6 Å². The summed E-state index contributed by atoms with van der Waals surface area (Å²) in [5.74, 6) is 0.147. The summed E-state index contributed by atoms with van der Waals surface area (Å²) in [6.07, 6.45) is 0. The highest BCUT2D eigenvalue weighted by atomic mass is 32.2. The van der Waals surface area contributed by atoms with Crippen molar-refractivity contribution in [2.75, 3.05) is 16.8 Å². The zero-order valence-electron chi connectivity index (χ0n) is 15.1. The number of aromatic nitrogens is 4. The number of rotatable bonds is 7. The third-order valence-corrected chi connectivity index (χ3v) is 4.48. The van der Waals surface area contributed by atoms with Gasteiger partial charge >= 0.3 is 5.97 Å². The van der Waals surface area contributed by atoms with E-state index in [2.05, 4.69) is 25.3 Å². The van der Waals surface area contributed by atoms with E-state index in [1.165, 1.54) is 0 Å². The van der Waals surface area contributed by atoms with Gasteiger partial charge in [-0.3, -0.25) is 4.79 Å². The van der Waals surface area contributed by atoms with Crippen LogP contribution in [0.2, 0.25) is 0 Å². The summed E-state index contributed by atoms with van der Waals surface area (Å²) >= 11 is 1.15. The van der Waals surface area contributed by atoms with Gasteiger partial charge in [0.15, 0.2) is 18.0 Å². The fraction of sp³-hybridized carbons (Fsp3) is 0.105. The summed E-state index contributed by atoms with van der Waals surface area (Å²) in [5.41, 5.74) is 7.93. The van der Waals surface area contributed by atoms with Crippen molar-refractivity contribution in [1.82, 2.24) is 19.9 Å². The number of fused-ring (bicyclic) bond motifs is 1. The average molecular weight is 408 g/mol. The van der Waals surface area contributed by atoms with E-state index in [1.807, 2.05) is 54.6 Å². The fourth-order valence-corrected chi connectivity index (χ4v) is 3.07. The van der Waals surface area contributed by atoms with Gasteiger partial charge in [-0.2, -0.15) is 15.0 Å². The Bertz CT molecular complexity index is 1100. The number of nitrogens with two attached hydrogens (primary N) is 1. The molecule has 4 aromatic rings. The van der Waals surface area contributed by atoms with Crippen LogP contribution in [0, 0.1) is 0 Å². The number of carbonyl (C=O) groups is 1. The van der Waals surface area contributed by atoms with Crippen LogP contribution in [0.5, 0.6) is 0 Å². The molecule has 0 atom stereocenters. The summed E-state index contributed by atoms with van der Waals surface area (Å²) in [4.78, 5) is 28.6. The molecule has 0 aliphatic heterocycles. The maximum atomic E-state index is 12.0. The minimum absolute atomic E-state index is 0.0327. The van der Waals surface area contributed by atoms with Crippen LogP contribution in [0.3, 0.4) is 0 Å². The van der Waals surface area contributed by atoms with Gasteiger partial charge in [0.1, 0.15) is 11.3 Å². The summed E-state index contributed by atoms with van der Waals surface area (Å²) in [6, 6.07) is 16.8. The summed E-state index contributed by atoms with van der Waals surface area (Å²) < 4.78 is 10.8. The largest absolute Gasteiger partial charge is 0.457 e. The van der Waals surface area contributed by atoms with E-state index in [9.17, 15) is 4.79 Å². The number of nitrogens with zero attached hydrogens (tertiary/aromatic N) is 4. The number of esters is 1. The Morgan fingerprint density at radius 1 is 1.03 bits per heavy atom. The molecule has 0 aliphatic carbocycles. The monoisotopic (exact) mass is 408 g/mol. The Balaban J connectivity index is 1.32. The van der Waals surface area contributed by atoms with Gasteiger partial charge in [-0.25, -0.2) is 4.98 Å². The zero-order valence-corrected chi connectivity index (χ0v) is 15.9. The first-order valence-electron chi connectivity index (χ1n) is 8.62. The van der Waals surface area contributed by atoms with Crippen molar-refractivity contribution >= 4 is 46.4 Å². The van der Waals surface area contributed by atoms with Crippen LogP contribution in [-0.4, -0.2) is 31.7 Å². The molecule has 0 unspecified atom stereocenters. The Kier molecular flexibility index (Phi) is 5.52. The van der Waals surface area contributed by atoms with Crippen molar-refractivity contribution in [3.05, 3.63) is 60.4 Å². The second-order valence-electron chi connectivity index (χ2n) is 5.82. The van der Waals surface area contributed by atoms with Gasteiger partial charge in [0.05, 0.1) is 0 Å². The van der Waals surface area contributed by atoms with Crippen molar-refractivity contribution in [3.8, 4) is 0 Å². The molecule has 146 valence electrons. The Morgan fingerprint density at radius 3 is 2.66 bits per heavy atom. The molecular weight excluding hydrogens is 392 g/mol. The maximum Gasteiger partial charge on any atom is 0.316 e. The van der Waals surface area contributed by atoms with Crippen molar-refractivity contribution in [2.24, 2.45) is 0 Å². The molecule has 0 spiro atoms. The van der Waals surface area contributed by atoms with Crippen molar-refractivity contribution in [3.63, 3.8) is 0 Å². The third-order valence-electron chi connectivity index (χ3n) is 3.68. The highest BCUT2D eigenvalue weighted by molar-refractivity contribution is 7.99. The fourth-order valence-electron chi connectivity index (χ4n) is 2.43. The Hall–Kier alpha value is -3.66. The molecule has 0 fully saturated rings. The van der Waals surface area contributed by atoms with Gasteiger partial charge in [0, 0.05) is 5.69 Å². The van der Waals surface area contributed by atoms with Crippen LogP contribution < -0.4 is 11.1 Å². The lowest BCUT2D eigenvalue weighted by atomic mass is 10.3. The summed E-state index contributed by atoms with van der Waals surface area (Å²) in [5, 5.41) is 3.43. The molecule has 2 heterocycles. The predicted octanol–water partition coefficient (Wildman–Crippen LogP) is 3.17. The maximum absolute atomic E-state index is 12.0. The topological polar surface area (TPSA) is 129 Å². The number of thioether (sulfide) groups is 1. The van der Waals surface area contributed by atoms with E-state index in [1.54, 1.807) is 0 Å². The quantitative estimate of drug-likeness (QED) is 0.347. The molecule has 0 bridgehead atoms. The van der Waals surface area contributed by atoms with E-state index >= 15 is 0 Å². The van der Waals surface area contributed by atoms with E-state index in [4.69, 9.17) is 14.9 Å². The lowest BCUT2D eigenvalue weighted by Gasteiger charge is -2.07. The molecule has 10 heteroatoms. The second kappa shape index (κ2) is 8.57. The number of ether oxygens (including phenoxy) is 1. The first-order chi connectivity index (χ1) is 14.2. The molecule has 0 radical (unpaired) electrons. The van der Waals surface area contributed by atoms with E-state index < -0.39 is 5.97 Å². The van der Waals surface area contributed by atoms with E-state index in [0.717, 1.165) is 23.0 Å². The lowest BCUT2D eigenvalue weighted by molar-refractivity contribution is -0.141. The number of nitrogens with one attached hydrogen (secondary N) is 1. The van der Waals surface area contributed by atoms with Crippen LogP contribution in [-0.2, 0) is 16.1 Å². The number of carbonyl (C=O) groups excluding carboxylic acids is 1. The van der Waals surface area contributed by atoms with Gasteiger partial charge in [-0.05, 0) is 24.3 Å². The van der Waals surface area contributed by atoms with E-state index in [0.29, 0.717) is 10.8 Å². The van der Waals surface area contributed by atoms with Crippen molar-refractivity contribution in [1.29, 1.82) is 0 Å². The van der Waals surface area contributed by atoms with Crippen LogP contribution in [0.15, 0.2) is 64.2 Å². The number of oxazole rings is 1. The highest BCUT2D eigenvalue weighted by Crippen LogP contribution is 2.23. The normalized spacial score (nSPS) is 10.8. The van der Waals surface area contributed by atoms with E-state index in [-0.39, 0.29) is 30.1 Å². The molecule has 9 nitrogen and oxygen atoms in total. The molecule has 29 heavy (non-hydrogen) atoms. The molecular formula is C19H16N6O3S. The lowest BCUT2D eigenvalue weighted by Crippen LogP contribution is -2.12. The number of hydrogen-bond acceptors (Lipinski definition) is 10. The van der Waals surface area contributed by atoms with Gasteiger partial charge < -0.3 is 20.2 Å². The zero-order chi connectivity index (χ0) is 20.1. The standard InChI is InChI=1S/C19H16N6O3S/c20-17-23-15(24-18(25-17)21-12-6-2-1-3-7-12)10-27-16(26)11-29-19-22-13-8-4-5-9-14(13)28-19/h1-9H,10-11H2,(H3,20,21,23,24,25). The minimum atomic E-state index is -0.450. The second-order valence-corrected chi connectivity index (χ2v) is 6.75. The molecule has 0 amide bonds. The molecule has 0 aliphatic rings. The summed E-state index contributed by atoms with van der Waals surface area (Å²) in [6.45, 7) is -0.122. The number of benzene rings is 2. The van der Waals surface area contributed by atoms with Crippen LogP contribution in [0.1, 0.15) is 5.82 Å². The number of nitrogen functional groups attached to an aromatic ring is 1. The van der Waals surface area contributed by atoms with Gasteiger partial charge in [-0.15, -0.1) is 0 Å². The first kappa shape index (κ1) is 18.7. The number of hydrogen-bond donors (Lipinski definition) is 2. The molecule has 2 aromatic carbocycles. The highest BCUT2D eigenvalue weighted by Gasteiger charge is 2.12. The molecule has 2 aromatic heterocycles. The molecule has 0 saturated heterocycles. The molecule has 3 N–H and O–H groups in total. The summed E-state index contributed by atoms with van der Waals surface area (Å²) in [7, 11) is 0. The van der Waals surface area contributed by atoms with Crippen LogP contribution >= 0.6 is 11.8 Å². The molecule has 0 saturated carbocycles. The van der Waals surface area contributed by atoms with Gasteiger partial charge in [0.25, 0.3) is 5.22 Å². The average Bonchev–Trinajstić information content (AvgIpc) is 3.14. The van der Waals surface area contributed by atoms with Crippen molar-refractivity contribution in [2.45, 2.75) is 11.8 Å². The van der Waals surface area contributed by atoms with Gasteiger partial charge in [-0.1, -0.05) is 42.1 Å². The Labute approximate surface area is 169 Å². The third kappa shape index (κ3) is 4.99. The molecule has 4 rings (SSSR count). The number of para-hydroxylation sites is 3. The predicted molar refractivity (Wildman–Crippen MR) is 108 cm³/mol.